The molecule has 78 valence electrons. The highest BCUT2D eigenvalue weighted by Crippen LogP contribution is 2.20. The van der Waals surface area contributed by atoms with Crippen LogP contribution in [0.1, 0.15) is 20.3 Å². The van der Waals surface area contributed by atoms with Gasteiger partial charge >= 0.3 is 6.09 Å². The van der Waals surface area contributed by atoms with E-state index in [1.807, 2.05) is 13.0 Å². The smallest absolute Gasteiger partial charge is 0.418 e. The molecule has 1 aliphatic rings. The molecule has 4 heteroatoms. The fourth-order valence-electron chi connectivity index (χ4n) is 1.28. The summed E-state index contributed by atoms with van der Waals surface area (Å²) >= 11 is 0. The summed E-state index contributed by atoms with van der Waals surface area (Å²) in [6.07, 6.45) is 3.92. The Morgan fingerprint density at radius 1 is 1.64 bits per heavy atom. The van der Waals surface area contributed by atoms with Crippen LogP contribution in [0, 0.1) is 0 Å². The van der Waals surface area contributed by atoms with Gasteiger partial charge < -0.3 is 9.47 Å². The quantitative estimate of drug-likeness (QED) is 0.681. The molecular weight excluding hydrogens is 182 g/mol. The van der Waals surface area contributed by atoms with Crippen molar-refractivity contribution in [3.05, 3.63) is 23.7 Å². The third-order valence-corrected chi connectivity index (χ3v) is 2.03. The van der Waals surface area contributed by atoms with E-state index in [1.165, 1.54) is 4.90 Å². The van der Waals surface area contributed by atoms with Gasteiger partial charge in [0.25, 0.3) is 0 Å². The summed E-state index contributed by atoms with van der Waals surface area (Å²) in [5, 5.41) is 0. The molecule has 0 aromatic heterocycles. The van der Waals surface area contributed by atoms with Gasteiger partial charge in [-0.15, -0.1) is 0 Å². The monoisotopic (exact) mass is 197 g/mol. The Labute approximate surface area is 83.8 Å². The van der Waals surface area contributed by atoms with Crippen molar-refractivity contribution in [1.29, 1.82) is 0 Å². The second-order valence-electron chi connectivity index (χ2n) is 2.87. The Morgan fingerprint density at radius 3 is 2.93 bits per heavy atom. The summed E-state index contributed by atoms with van der Waals surface area (Å²) in [7, 11) is 1.60. The van der Waals surface area contributed by atoms with Gasteiger partial charge in [-0.05, 0) is 13.8 Å². The van der Waals surface area contributed by atoms with E-state index in [0.717, 1.165) is 17.9 Å². The number of carbonyl (C=O) groups excluding carboxylic acids is 1. The molecule has 0 aliphatic carbocycles. The normalized spacial score (nSPS) is 15.8. The summed E-state index contributed by atoms with van der Waals surface area (Å²) in [5.74, 6) is 0.792. The predicted molar refractivity (Wildman–Crippen MR) is 52.3 cm³/mol. The lowest BCUT2D eigenvalue weighted by atomic mass is 10.2. The average Bonchev–Trinajstić information content (AvgIpc) is 2.18. The number of amides is 1. The van der Waals surface area contributed by atoms with Gasteiger partial charge in [-0.25, -0.2) is 4.79 Å². The van der Waals surface area contributed by atoms with E-state index in [-0.39, 0.29) is 6.09 Å². The zero-order valence-electron chi connectivity index (χ0n) is 8.74. The van der Waals surface area contributed by atoms with Crippen LogP contribution in [0.3, 0.4) is 0 Å². The van der Waals surface area contributed by atoms with Crippen LogP contribution in [0.15, 0.2) is 23.7 Å². The average molecular weight is 197 g/mol. The van der Waals surface area contributed by atoms with Gasteiger partial charge in [-0.1, -0.05) is 6.08 Å². The SMILES string of the molecule is CCOC(=O)N1C=CCC(OC)=C1C. The molecule has 0 atom stereocenters. The summed E-state index contributed by atoms with van der Waals surface area (Å²) in [4.78, 5) is 12.9. The largest absolute Gasteiger partial charge is 0.499 e. The van der Waals surface area contributed by atoms with Crippen LogP contribution >= 0.6 is 0 Å². The number of carbonyl (C=O) groups is 1. The van der Waals surface area contributed by atoms with Crippen molar-refractivity contribution in [2.45, 2.75) is 20.3 Å². The Morgan fingerprint density at radius 2 is 2.36 bits per heavy atom. The molecule has 0 N–H and O–H groups in total. The minimum absolute atomic E-state index is 0.365. The summed E-state index contributed by atoms with van der Waals surface area (Å²) in [6, 6.07) is 0. The lowest BCUT2D eigenvalue weighted by molar-refractivity contribution is 0.127. The van der Waals surface area contributed by atoms with Gasteiger partial charge in [0.2, 0.25) is 0 Å². The third-order valence-electron chi connectivity index (χ3n) is 2.03. The number of methoxy groups -OCH3 is 1. The molecule has 1 rings (SSSR count). The highest BCUT2D eigenvalue weighted by atomic mass is 16.6. The number of rotatable bonds is 2. The second kappa shape index (κ2) is 4.69. The minimum Gasteiger partial charge on any atom is -0.499 e. The number of ether oxygens (including phenoxy) is 2. The van der Waals surface area contributed by atoms with Crippen LogP contribution in [0.5, 0.6) is 0 Å². The molecule has 1 heterocycles. The van der Waals surface area contributed by atoms with Gasteiger partial charge in [-0.3, -0.25) is 4.90 Å². The number of nitrogens with zero attached hydrogens (tertiary/aromatic N) is 1. The molecule has 0 aromatic rings. The predicted octanol–water partition coefficient (Wildman–Crippen LogP) is 2.24. The zero-order valence-corrected chi connectivity index (χ0v) is 8.74. The van der Waals surface area contributed by atoms with Crippen molar-refractivity contribution in [2.75, 3.05) is 13.7 Å². The van der Waals surface area contributed by atoms with E-state index in [1.54, 1.807) is 20.2 Å². The molecule has 14 heavy (non-hydrogen) atoms. The first-order chi connectivity index (χ1) is 6.70. The van der Waals surface area contributed by atoms with E-state index in [4.69, 9.17) is 9.47 Å². The molecule has 0 saturated carbocycles. The first-order valence-electron chi connectivity index (χ1n) is 4.57. The fraction of sp³-hybridized carbons (Fsp3) is 0.500. The summed E-state index contributed by atoms with van der Waals surface area (Å²) < 4.78 is 10.0. The van der Waals surface area contributed by atoms with Crippen LogP contribution < -0.4 is 0 Å². The number of hydrogen-bond donors (Lipinski definition) is 0. The van der Waals surface area contributed by atoms with E-state index in [2.05, 4.69) is 0 Å². The maximum Gasteiger partial charge on any atom is 0.418 e. The van der Waals surface area contributed by atoms with Gasteiger partial charge in [0.1, 0.15) is 5.76 Å². The van der Waals surface area contributed by atoms with E-state index < -0.39 is 0 Å². The molecule has 0 saturated heterocycles. The van der Waals surface area contributed by atoms with Crippen LogP contribution in [-0.2, 0) is 9.47 Å². The topological polar surface area (TPSA) is 38.8 Å². The molecule has 0 fully saturated rings. The van der Waals surface area contributed by atoms with Crippen LogP contribution in [0.25, 0.3) is 0 Å². The van der Waals surface area contributed by atoms with Gasteiger partial charge in [0, 0.05) is 12.6 Å². The lowest BCUT2D eigenvalue weighted by Gasteiger charge is -2.23. The Kier molecular flexibility index (Phi) is 3.56. The van der Waals surface area contributed by atoms with Crippen LogP contribution in [0.2, 0.25) is 0 Å². The van der Waals surface area contributed by atoms with E-state index >= 15 is 0 Å². The first kappa shape index (κ1) is 10.6. The van der Waals surface area contributed by atoms with Crippen molar-refractivity contribution < 1.29 is 14.3 Å². The summed E-state index contributed by atoms with van der Waals surface area (Å²) in [6.45, 7) is 3.99. The van der Waals surface area contributed by atoms with Crippen molar-refractivity contribution in [3.63, 3.8) is 0 Å². The highest BCUT2D eigenvalue weighted by molar-refractivity contribution is 5.71. The van der Waals surface area contributed by atoms with Crippen molar-refractivity contribution in [3.8, 4) is 0 Å². The van der Waals surface area contributed by atoms with Gasteiger partial charge in [0.15, 0.2) is 0 Å². The fourth-order valence-corrected chi connectivity index (χ4v) is 1.28. The first-order valence-corrected chi connectivity index (χ1v) is 4.57. The molecule has 0 spiro atoms. The molecule has 4 nitrogen and oxygen atoms in total. The number of allylic oxidation sites excluding steroid dienone is 2. The molecule has 0 radical (unpaired) electrons. The standard InChI is InChI=1S/C10H15NO3/c1-4-14-10(12)11-7-5-6-9(13-3)8(11)2/h5,7H,4,6H2,1-3H3. The molecule has 0 bridgehead atoms. The van der Waals surface area contributed by atoms with E-state index in [9.17, 15) is 4.79 Å². The van der Waals surface area contributed by atoms with Gasteiger partial charge in [-0.2, -0.15) is 0 Å². The van der Waals surface area contributed by atoms with Crippen LogP contribution in [0.4, 0.5) is 4.79 Å². The van der Waals surface area contributed by atoms with Crippen molar-refractivity contribution >= 4 is 6.09 Å². The maximum atomic E-state index is 11.4. The Bertz CT molecular complexity index is 281. The Hall–Kier alpha value is -1.45. The summed E-state index contributed by atoms with van der Waals surface area (Å²) in [5.41, 5.74) is 0.786. The van der Waals surface area contributed by atoms with Crippen molar-refractivity contribution in [1.82, 2.24) is 4.90 Å². The van der Waals surface area contributed by atoms with Crippen LogP contribution in [-0.4, -0.2) is 24.7 Å². The maximum absolute atomic E-state index is 11.4. The highest BCUT2D eigenvalue weighted by Gasteiger charge is 2.19. The lowest BCUT2D eigenvalue weighted by Crippen LogP contribution is -2.27. The minimum atomic E-state index is -0.365. The van der Waals surface area contributed by atoms with E-state index in [0.29, 0.717) is 6.61 Å². The number of hydrogen-bond acceptors (Lipinski definition) is 3. The molecule has 1 amide bonds. The molecule has 0 aromatic carbocycles. The zero-order chi connectivity index (χ0) is 10.6. The molecule has 1 aliphatic heterocycles. The third kappa shape index (κ3) is 2.07. The van der Waals surface area contributed by atoms with Crippen molar-refractivity contribution in [2.24, 2.45) is 0 Å². The molecule has 0 unspecified atom stereocenters. The second-order valence-corrected chi connectivity index (χ2v) is 2.87. The van der Waals surface area contributed by atoms with Gasteiger partial charge in [0.05, 0.1) is 19.4 Å². The Balaban J connectivity index is 2.78. The molecular formula is C10H15NO3.